The van der Waals surface area contributed by atoms with Gasteiger partial charge in [-0.15, -0.1) is 11.3 Å². The molecule has 0 amide bonds. The molecule has 164 valence electrons. The zero-order chi connectivity index (χ0) is 22.6. The zero-order valence-electron chi connectivity index (χ0n) is 17.9. The van der Waals surface area contributed by atoms with E-state index in [4.69, 9.17) is 10.1 Å². The van der Waals surface area contributed by atoms with E-state index in [1.165, 1.54) is 28.5 Å². The largest absolute Gasteiger partial charge is 0.270 e. The molecule has 7 heteroatoms. The van der Waals surface area contributed by atoms with E-state index in [0.717, 1.165) is 46.6 Å². The summed E-state index contributed by atoms with van der Waals surface area (Å²) in [5, 5.41) is 18.3. The molecular weight excluding hydrogens is 432 g/mol. The van der Waals surface area contributed by atoms with Crippen LogP contribution in [0, 0.1) is 10.1 Å². The Bertz CT molecular complexity index is 1400. The second-order valence-corrected chi connectivity index (χ2v) is 8.68. The van der Waals surface area contributed by atoms with Crippen molar-refractivity contribution < 1.29 is 4.92 Å². The number of aryl methyl sites for hydroxylation is 1. The predicted octanol–water partition coefficient (Wildman–Crippen LogP) is 5.47. The minimum Gasteiger partial charge on any atom is -0.258 e. The molecule has 1 heterocycles. The van der Waals surface area contributed by atoms with Gasteiger partial charge in [0.05, 0.1) is 16.3 Å². The molecule has 0 saturated heterocycles. The van der Waals surface area contributed by atoms with Crippen LogP contribution in [0.3, 0.4) is 0 Å². The number of benzene rings is 3. The van der Waals surface area contributed by atoms with Gasteiger partial charge in [0.25, 0.3) is 5.69 Å². The Morgan fingerprint density at radius 3 is 2.64 bits per heavy atom. The number of nitro benzene ring substituents is 1. The molecule has 1 aromatic heterocycles. The van der Waals surface area contributed by atoms with Crippen LogP contribution in [-0.4, -0.2) is 21.9 Å². The van der Waals surface area contributed by atoms with Crippen molar-refractivity contribution in [2.75, 3.05) is 6.54 Å². The first kappa shape index (κ1) is 21.0. The summed E-state index contributed by atoms with van der Waals surface area (Å²) in [6, 6.07) is 25.3. The Balaban J connectivity index is 1.57. The Morgan fingerprint density at radius 1 is 0.970 bits per heavy atom. The summed E-state index contributed by atoms with van der Waals surface area (Å²) in [7, 11) is 0. The normalized spacial score (nSPS) is 14.5. The molecule has 0 N–H and O–H groups in total. The molecule has 6 nitrogen and oxygen atoms in total. The van der Waals surface area contributed by atoms with E-state index in [1.54, 1.807) is 12.1 Å². The maximum absolute atomic E-state index is 11.3. The fraction of sp³-hybridized carbons (Fsp3) is 0.154. The molecular formula is C26H22N4O2S. The third-order valence-electron chi connectivity index (χ3n) is 5.71. The quantitative estimate of drug-likeness (QED) is 0.286. The van der Waals surface area contributed by atoms with Gasteiger partial charge >= 0.3 is 0 Å². The van der Waals surface area contributed by atoms with Crippen molar-refractivity contribution in [2.24, 2.45) is 10.1 Å². The highest BCUT2D eigenvalue weighted by atomic mass is 32.1. The molecule has 0 saturated carbocycles. The average Bonchev–Trinajstić information content (AvgIpc) is 3.44. The van der Waals surface area contributed by atoms with Gasteiger partial charge in [0.1, 0.15) is 0 Å². The number of nitro groups is 1. The van der Waals surface area contributed by atoms with Crippen molar-refractivity contribution in [3.8, 4) is 11.3 Å². The maximum atomic E-state index is 11.3. The highest BCUT2D eigenvalue weighted by Crippen LogP contribution is 2.26. The van der Waals surface area contributed by atoms with Gasteiger partial charge in [-0.25, -0.2) is 4.68 Å². The van der Waals surface area contributed by atoms with E-state index in [2.05, 4.69) is 30.3 Å². The SMILES string of the molecule is O=[N+]([O-])c1cccc(-c2csc(=NCCc3ccccc3)n2N=C2CCc3ccccc32)c1. The molecule has 33 heavy (non-hydrogen) atoms. The number of fused-ring (bicyclic) bond motifs is 1. The lowest BCUT2D eigenvalue weighted by Gasteiger charge is -2.06. The molecule has 0 fully saturated rings. The van der Waals surface area contributed by atoms with Gasteiger partial charge in [-0.3, -0.25) is 15.1 Å². The van der Waals surface area contributed by atoms with Crippen LogP contribution in [-0.2, 0) is 12.8 Å². The Hall–Kier alpha value is -3.84. The summed E-state index contributed by atoms with van der Waals surface area (Å²) in [5.41, 5.74) is 6.33. The summed E-state index contributed by atoms with van der Waals surface area (Å²) < 4.78 is 1.85. The Morgan fingerprint density at radius 2 is 1.79 bits per heavy atom. The summed E-state index contributed by atoms with van der Waals surface area (Å²) in [6.45, 7) is 0.639. The molecule has 5 rings (SSSR count). The maximum Gasteiger partial charge on any atom is 0.270 e. The minimum absolute atomic E-state index is 0.0617. The lowest BCUT2D eigenvalue weighted by Crippen LogP contribution is -2.15. The van der Waals surface area contributed by atoms with Crippen LogP contribution in [0.1, 0.15) is 23.1 Å². The number of hydrogen-bond acceptors (Lipinski definition) is 5. The van der Waals surface area contributed by atoms with E-state index < -0.39 is 0 Å². The second-order valence-electron chi connectivity index (χ2n) is 7.84. The molecule has 0 radical (unpaired) electrons. The first-order chi connectivity index (χ1) is 16.2. The number of hydrogen-bond donors (Lipinski definition) is 0. The molecule has 0 aliphatic heterocycles. The first-order valence-electron chi connectivity index (χ1n) is 10.8. The van der Waals surface area contributed by atoms with Gasteiger partial charge in [0.2, 0.25) is 4.80 Å². The van der Waals surface area contributed by atoms with Crippen LogP contribution in [0.2, 0.25) is 0 Å². The van der Waals surface area contributed by atoms with E-state index >= 15 is 0 Å². The first-order valence-corrected chi connectivity index (χ1v) is 11.7. The average molecular weight is 455 g/mol. The van der Waals surface area contributed by atoms with Gasteiger partial charge in [0, 0.05) is 35.2 Å². The minimum atomic E-state index is -0.371. The third kappa shape index (κ3) is 4.54. The third-order valence-corrected chi connectivity index (χ3v) is 6.56. The Labute approximate surface area is 195 Å². The number of nitrogens with zero attached hydrogens (tertiary/aromatic N) is 4. The Kier molecular flexibility index (Phi) is 5.95. The zero-order valence-corrected chi connectivity index (χ0v) is 18.7. The van der Waals surface area contributed by atoms with Crippen molar-refractivity contribution in [3.05, 3.63) is 116 Å². The summed E-state index contributed by atoms with van der Waals surface area (Å²) in [5.74, 6) is 0. The van der Waals surface area contributed by atoms with E-state index in [1.807, 2.05) is 40.4 Å². The van der Waals surface area contributed by atoms with E-state index in [0.29, 0.717) is 6.54 Å². The van der Waals surface area contributed by atoms with E-state index in [9.17, 15) is 10.1 Å². The van der Waals surface area contributed by atoms with Crippen LogP contribution in [0.4, 0.5) is 5.69 Å². The second kappa shape index (κ2) is 9.34. The fourth-order valence-corrected chi connectivity index (χ4v) is 4.90. The number of non-ortho nitro benzene ring substituents is 1. The standard InChI is InChI=1S/C26H22N4O2S/c31-30(32)22-11-6-10-21(17-22)25-18-33-26(27-16-15-19-7-2-1-3-8-19)29(25)28-24-14-13-20-9-4-5-12-23(20)24/h1-12,17-18H,13-16H2. The monoisotopic (exact) mass is 454 g/mol. The lowest BCUT2D eigenvalue weighted by atomic mass is 10.1. The number of rotatable bonds is 6. The molecule has 0 bridgehead atoms. The number of aromatic nitrogens is 1. The van der Waals surface area contributed by atoms with Gasteiger partial charge in [0.15, 0.2) is 0 Å². The van der Waals surface area contributed by atoms with Gasteiger partial charge in [-0.1, -0.05) is 66.7 Å². The van der Waals surface area contributed by atoms with Gasteiger partial charge < -0.3 is 0 Å². The van der Waals surface area contributed by atoms with Crippen molar-refractivity contribution in [1.82, 2.24) is 4.68 Å². The highest BCUT2D eigenvalue weighted by molar-refractivity contribution is 7.07. The van der Waals surface area contributed by atoms with Crippen LogP contribution in [0.5, 0.6) is 0 Å². The van der Waals surface area contributed by atoms with Crippen molar-refractivity contribution in [3.63, 3.8) is 0 Å². The molecule has 1 aliphatic rings. The van der Waals surface area contributed by atoms with Gasteiger partial charge in [-0.05, 0) is 30.4 Å². The van der Waals surface area contributed by atoms with Crippen molar-refractivity contribution in [1.29, 1.82) is 0 Å². The lowest BCUT2D eigenvalue weighted by molar-refractivity contribution is -0.384. The van der Waals surface area contributed by atoms with Crippen LogP contribution in [0.25, 0.3) is 11.3 Å². The van der Waals surface area contributed by atoms with E-state index in [-0.39, 0.29) is 10.6 Å². The number of thiazole rings is 1. The predicted molar refractivity (Wildman–Crippen MR) is 132 cm³/mol. The molecule has 0 unspecified atom stereocenters. The molecule has 1 aliphatic carbocycles. The molecule has 3 aromatic carbocycles. The summed E-state index contributed by atoms with van der Waals surface area (Å²) in [4.78, 5) is 16.6. The highest BCUT2D eigenvalue weighted by Gasteiger charge is 2.19. The fourth-order valence-electron chi connectivity index (χ4n) is 4.04. The summed E-state index contributed by atoms with van der Waals surface area (Å²) in [6.07, 6.45) is 2.66. The van der Waals surface area contributed by atoms with Crippen molar-refractivity contribution in [2.45, 2.75) is 19.3 Å². The topological polar surface area (TPSA) is 72.8 Å². The van der Waals surface area contributed by atoms with Gasteiger partial charge in [-0.2, -0.15) is 5.10 Å². The van der Waals surface area contributed by atoms with Crippen LogP contribution < -0.4 is 4.80 Å². The molecule has 0 spiro atoms. The van der Waals surface area contributed by atoms with Crippen LogP contribution in [0.15, 0.2) is 94.3 Å². The van der Waals surface area contributed by atoms with Crippen molar-refractivity contribution >= 4 is 22.7 Å². The molecule has 0 atom stereocenters. The summed E-state index contributed by atoms with van der Waals surface area (Å²) >= 11 is 1.50. The smallest absolute Gasteiger partial charge is 0.258 e. The molecule has 4 aromatic rings. The van der Waals surface area contributed by atoms with Crippen LogP contribution >= 0.6 is 11.3 Å².